The number of nitrogens with zero attached hydrogens (tertiary/aromatic N) is 1. The number of amides is 1. The number of hydrogen-bond acceptors (Lipinski definition) is 5. The van der Waals surface area contributed by atoms with Crippen molar-refractivity contribution in [2.45, 2.75) is 57.3 Å². The third-order valence-corrected chi connectivity index (χ3v) is 6.58. The van der Waals surface area contributed by atoms with Gasteiger partial charge in [0.05, 0.1) is 17.8 Å². The molecule has 0 saturated heterocycles. The molecule has 3 aromatic rings. The summed E-state index contributed by atoms with van der Waals surface area (Å²) in [6.45, 7) is 5.18. The number of hydrogen-bond donors (Lipinski definition) is 3. The summed E-state index contributed by atoms with van der Waals surface area (Å²) in [7, 11) is 0. The minimum atomic E-state index is -5.12. The number of nitrogens with one attached hydrogen (secondary N) is 1. The van der Waals surface area contributed by atoms with Crippen molar-refractivity contribution in [2.75, 3.05) is 5.32 Å². The van der Waals surface area contributed by atoms with Crippen LogP contribution in [0.4, 0.5) is 18.9 Å². The van der Waals surface area contributed by atoms with E-state index in [0.29, 0.717) is 22.4 Å². The zero-order chi connectivity index (χ0) is 27.2. The summed E-state index contributed by atoms with van der Waals surface area (Å²) in [5, 5.41) is 13.7. The van der Waals surface area contributed by atoms with Crippen molar-refractivity contribution in [1.82, 2.24) is 4.98 Å². The molecular weight excluding hydrogens is 483 g/mol. The first-order chi connectivity index (χ1) is 17.2. The predicted octanol–water partition coefficient (Wildman–Crippen LogP) is 5.16. The SMILES string of the molecule is Cc1ccc(-c2cc(C(C)(C)N)cc(C(O)(CCC(=O)c3ccc4c(c3)NC(=O)C4)C(F)(F)F)n2)cc1. The largest absolute Gasteiger partial charge is 0.422 e. The number of Topliss-reactive ketones (excluding diaryl/α,β-unsaturated/α-hetero) is 1. The lowest BCUT2D eigenvalue weighted by atomic mass is 9.86. The number of benzene rings is 2. The Morgan fingerprint density at radius 1 is 1.08 bits per heavy atom. The van der Waals surface area contributed by atoms with Crippen LogP contribution in [-0.2, 0) is 22.4 Å². The molecule has 0 fully saturated rings. The second-order valence-electron chi connectivity index (χ2n) is 10.1. The molecule has 1 amide bonds. The van der Waals surface area contributed by atoms with Gasteiger partial charge >= 0.3 is 6.18 Å². The van der Waals surface area contributed by atoms with Gasteiger partial charge in [-0.15, -0.1) is 0 Å². The molecule has 4 rings (SSSR count). The number of ketones is 1. The molecule has 0 bridgehead atoms. The van der Waals surface area contributed by atoms with Gasteiger partial charge in [-0.25, -0.2) is 4.98 Å². The number of carbonyl (C=O) groups is 2. The number of aryl methyl sites for hydroxylation is 1. The Morgan fingerprint density at radius 2 is 1.76 bits per heavy atom. The van der Waals surface area contributed by atoms with Crippen LogP contribution in [0, 0.1) is 6.92 Å². The van der Waals surface area contributed by atoms with E-state index >= 15 is 0 Å². The van der Waals surface area contributed by atoms with Crippen molar-refractivity contribution in [2.24, 2.45) is 5.73 Å². The van der Waals surface area contributed by atoms with E-state index in [1.165, 1.54) is 12.1 Å². The Labute approximate surface area is 212 Å². The van der Waals surface area contributed by atoms with Crippen LogP contribution in [0.3, 0.4) is 0 Å². The highest BCUT2D eigenvalue weighted by atomic mass is 19.4. The van der Waals surface area contributed by atoms with Crippen molar-refractivity contribution in [3.63, 3.8) is 0 Å². The zero-order valence-corrected chi connectivity index (χ0v) is 20.7. The number of nitrogens with two attached hydrogens (primary N) is 1. The van der Waals surface area contributed by atoms with Crippen LogP contribution in [0.25, 0.3) is 11.3 Å². The normalized spacial score (nSPS) is 15.2. The second-order valence-corrected chi connectivity index (χ2v) is 10.1. The van der Waals surface area contributed by atoms with Crippen LogP contribution < -0.4 is 11.1 Å². The molecule has 4 N–H and O–H groups in total. The van der Waals surface area contributed by atoms with Gasteiger partial charge in [0.15, 0.2) is 5.78 Å². The Bertz CT molecular complexity index is 1360. The summed E-state index contributed by atoms with van der Waals surface area (Å²) in [5.41, 5.74) is 4.64. The fourth-order valence-electron chi connectivity index (χ4n) is 4.23. The minimum absolute atomic E-state index is 0.149. The average molecular weight is 512 g/mol. The van der Waals surface area contributed by atoms with E-state index in [1.807, 2.05) is 19.1 Å². The predicted molar refractivity (Wildman–Crippen MR) is 134 cm³/mol. The van der Waals surface area contributed by atoms with Crippen molar-refractivity contribution in [1.29, 1.82) is 0 Å². The van der Waals surface area contributed by atoms with Gasteiger partial charge in [0.25, 0.3) is 0 Å². The number of rotatable bonds is 7. The van der Waals surface area contributed by atoms with E-state index in [1.54, 1.807) is 38.1 Å². The maximum atomic E-state index is 14.4. The summed E-state index contributed by atoms with van der Waals surface area (Å²) < 4.78 is 43.2. The topological polar surface area (TPSA) is 105 Å². The molecule has 37 heavy (non-hydrogen) atoms. The fourth-order valence-corrected chi connectivity index (χ4v) is 4.23. The Hall–Kier alpha value is -3.56. The third-order valence-electron chi connectivity index (χ3n) is 6.58. The molecule has 1 atom stereocenters. The molecule has 6 nitrogen and oxygen atoms in total. The summed E-state index contributed by atoms with van der Waals surface area (Å²) in [6, 6.07) is 14.4. The van der Waals surface area contributed by atoms with Crippen LogP contribution in [0.15, 0.2) is 54.6 Å². The van der Waals surface area contributed by atoms with E-state index in [0.717, 1.165) is 11.6 Å². The summed E-state index contributed by atoms with van der Waals surface area (Å²) in [4.78, 5) is 28.6. The smallest absolute Gasteiger partial charge is 0.375 e. The lowest BCUT2D eigenvalue weighted by molar-refractivity contribution is -0.270. The number of halogens is 3. The average Bonchev–Trinajstić information content (AvgIpc) is 3.20. The van der Waals surface area contributed by atoms with Crippen LogP contribution in [-0.4, -0.2) is 28.0 Å². The highest BCUT2D eigenvalue weighted by molar-refractivity contribution is 6.02. The van der Waals surface area contributed by atoms with Crippen molar-refractivity contribution in [3.05, 3.63) is 82.5 Å². The summed E-state index contributed by atoms with van der Waals surface area (Å²) in [6.07, 6.45) is -6.47. The van der Waals surface area contributed by atoms with Crippen LogP contribution in [0.2, 0.25) is 0 Å². The first-order valence-corrected chi connectivity index (χ1v) is 11.8. The lowest BCUT2D eigenvalue weighted by Gasteiger charge is -2.32. The van der Waals surface area contributed by atoms with Crippen LogP contribution >= 0.6 is 0 Å². The molecule has 1 unspecified atom stereocenters. The van der Waals surface area contributed by atoms with Crippen molar-refractivity contribution >= 4 is 17.4 Å². The van der Waals surface area contributed by atoms with E-state index in [2.05, 4.69) is 10.3 Å². The molecule has 0 saturated carbocycles. The monoisotopic (exact) mass is 511 g/mol. The molecule has 1 aromatic heterocycles. The van der Waals surface area contributed by atoms with Gasteiger partial charge in [0.1, 0.15) is 0 Å². The van der Waals surface area contributed by atoms with Gasteiger partial charge in [-0.05, 0) is 56.5 Å². The molecule has 0 aliphatic carbocycles. The molecule has 194 valence electrons. The van der Waals surface area contributed by atoms with Gasteiger partial charge in [0.2, 0.25) is 11.5 Å². The molecule has 9 heteroatoms. The van der Waals surface area contributed by atoms with Crippen LogP contribution in [0.5, 0.6) is 0 Å². The maximum absolute atomic E-state index is 14.4. The van der Waals surface area contributed by atoms with Gasteiger partial charge in [-0.3, -0.25) is 9.59 Å². The number of aliphatic hydroxyl groups is 1. The van der Waals surface area contributed by atoms with Gasteiger partial charge in [0, 0.05) is 28.8 Å². The van der Waals surface area contributed by atoms with Crippen molar-refractivity contribution in [3.8, 4) is 11.3 Å². The molecule has 1 aliphatic heterocycles. The summed E-state index contributed by atoms with van der Waals surface area (Å²) >= 11 is 0. The van der Waals surface area contributed by atoms with E-state index in [-0.39, 0.29) is 23.6 Å². The van der Waals surface area contributed by atoms with E-state index < -0.39 is 41.6 Å². The van der Waals surface area contributed by atoms with Gasteiger partial charge in [-0.1, -0.05) is 42.0 Å². The van der Waals surface area contributed by atoms with Crippen LogP contribution in [0.1, 0.15) is 59.4 Å². The Balaban J connectivity index is 1.71. The Morgan fingerprint density at radius 3 is 2.38 bits per heavy atom. The first kappa shape index (κ1) is 26.5. The molecule has 2 heterocycles. The molecule has 0 radical (unpaired) electrons. The number of pyridine rings is 1. The highest BCUT2D eigenvalue weighted by Gasteiger charge is 2.56. The maximum Gasteiger partial charge on any atom is 0.422 e. The highest BCUT2D eigenvalue weighted by Crippen LogP contribution is 2.43. The van der Waals surface area contributed by atoms with Gasteiger partial charge < -0.3 is 16.2 Å². The lowest BCUT2D eigenvalue weighted by Crippen LogP contribution is -2.44. The molecule has 0 spiro atoms. The standard InChI is InChI=1S/C28H28F3N3O3/c1-16-4-6-17(7-5-16)22-14-20(26(2,3)32)15-24(33-22)27(37,28(29,30)31)11-10-23(35)19-9-8-18-13-25(36)34-21(18)12-19/h4-9,12,14-15,37H,10-11,13,32H2,1-3H3,(H,34,36). The quantitative estimate of drug-likeness (QED) is 0.380. The number of fused-ring (bicyclic) bond motifs is 1. The number of alkyl halides is 3. The number of carbonyl (C=O) groups excluding carboxylic acids is 2. The molecule has 2 aromatic carbocycles. The minimum Gasteiger partial charge on any atom is -0.375 e. The fraction of sp³-hybridized carbons (Fsp3) is 0.321. The number of aromatic nitrogens is 1. The van der Waals surface area contributed by atoms with E-state index in [4.69, 9.17) is 5.73 Å². The molecule has 1 aliphatic rings. The first-order valence-electron chi connectivity index (χ1n) is 11.8. The number of anilines is 1. The van der Waals surface area contributed by atoms with Gasteiger partial charge in [-0.2, -0.15) is 13.2 Å². The Kier molecular flexibility index (Phi) is 6.73. The zero-order valence-electron chi connectivity index (χ0n) is 20.7. The second kappa shape index (κ2) is 9.39. The summed E-state index contributed by atoms with van der Waals surface area (Å²) in [5.74, 6) is -0.815. The van der Waals surface area contributed by atoms with E-state index in [9.17, 15) is 27.9 Å². The van der Waals surface area contributed by atoms with Crippen molar-refractivity contribution < 1.29 is 27.9 Å². The molecular formula is C28H28F3N3O3. The third kappa shape index (κ3) is 5.42.